The largest absolute Gasteiger partial charge is 0.328 e. The highest BCUT2D eigenvalue weighted by Gasteiger charge is 2.01. The second-order valence-corrected chi connectivity index (χ2v) is 2.39. The van der Waals surface area contributed by atoms with Crippen molar-refractivity contribution in [1.29, 1.82) is 5.26 Å². The van der Waals surface area contributed by atoms with E-state index in [1.165, 1.54) is 4.90 Å². The average molecular weight is 151 g/mol. The smallest absolute Gasteiger partial charge is 0.0958 e. The Hall–Kier alpha value is -1.07. The first kappa shape index (κ1) is 9.93. The summed E-state index contributed by atoms with van der Waals surface area (Å²) in [6, 6.07) is 2.13. The van der Waals surface area contributed by atoms with E-state index in [0.29, 0.717) is 6.42 Å². The molecule has 11 heavy (non-hydrogen) atoms. The minimum Gasteiger partial charge on any atom is -0.328 e. The first-order chi connectivity index (χ1) is 5.35. The maximum atomic E-state index is 8.34. The third-order valence-corrected chi connectivity index (χ3v) is 1.46. The SMILES string of the molecule is C=CC[NH+](CC=C)CCC#N. The average Bonchev–Trinajstić information content (AvgIpc) is 2.01. The Balaban J connectivity index is 3.60. The van der Waals surface area contributed by atoms with E-state index in [9.17, 15) is 0 Å². The number of hydrogen-bond acceptors (Lipinski definition) is 1. The van der Waals surface area contributed by atoms with Crippen LogP contribution in [0.5, 0.6) is 0 Å². The van der Waals surface area contributed by atoms with Gasteiger partial charge in [0.1, 0.15) is 0 Å². The van der Waals surface area contributed by atoms with Crippen molar-refractivity contribution in [3.05, 3.63) is 25.3 Å². The van der Waals surface area contributed by atoms with Gasteiger partial charge in [-0.1, -0.05) is 13.2 Å². The Morgan fingerprint density at radius 3 is 2.18 bits per heavy atom. The summed E-state index contributed by atoms with van der Waals surface area (Å²) in [5.41, 5.74) is 0. The Labute approximate surface area is 68.4 Å². The molecule has 0 aromatic rings. The van der Waals surface area contributed by atoms with Gasteiger partial charge in [0.25, 0.3) is 0 Å². The number of nitrogens with zero attached hydrogens (tertiary/aromatic N) is 1. The summed E-state index contributed by atoms with van der Waals surface area (Å²) >= 11 is 0. The molecule has 0 aromatic carbocycles. The molecular weight excluding hydrogens is 136 g/mol. The van der Waals surface area contributed by atoms with Crippen LogP contribution in [0, 0.1) is 11.3 Å². The summed E-state index contributed by atoms with van der Waals surface area (Å²) in [6.07, 6.45) is 4.35. The predicted octanol–water partition coefficient (Wildman–Crippen LogP) is 0.157. The van der Waals surface area contributed by atoms with E-state index in [1.54, 1.807) is 0 Å². The molecule has 0 spiro atoms. The van der Waals surface area contributed by atoms with Gasteiger partial charge in [-0.15, -0.1) is 0 Å². The summed E-state index contributed by atoms with van der Waals surface area (Å²) in [5.74, 6) is 0. The minimum atomic E-state index is 0.608. The van der Waals surface area contributed by atoms with E-state index in [1.807, 2.05) is 12.2 Å². The van der Waals surface area contributed by atoms with Gasteiger partial charge in [-0.05, 0) is 12.2 Å². The fourth-order valence-electron chi connectivity index (χ4n) is 0.928. The quantitative estimate of drug-likeness (QED) is 0.538. The van der Waals surface area contributed by atoms with Gasteiger partial charge in [0, 0.05) is 0 Å². The second-order valence-electron chi connectivity index (χ2n) is 2.39. The molecule has 0 saturated heterocycles. The normalized spacial score (nSPS) is 9.09. The molecule has 0 fully saturated rings. The lowest BCUT2D eigenvalue weighted by Gasteiger charge is -2.13. The summed E-state index contributed by atoms with van der Waals surface area (Å²) in [6.45, 7) is 10.0. The van der Waals surface area contributed by atoms with Gasteiger partial charge in [-0.3, -0.25) is 0 Å². The molecule has 0 aliphatic heterocycles. The van der Waals surface area contributed by atoms with Crippen molar-refractivity contribution in [1.82, 2.24) is 0 Å². The predicted molar refractivity (Wildman–Crippen MR) is 46.2 cm³/mol. The van der Waals surface area contributed by atoms with E-state index in [-0.39, 0.29) is 0 Å². The molecule has 0 saturated carbocycles. The molecule has 0 bridgehead atoms. The zero-order valence-electron chi connectivity index (χ0n) is 6.84. The second kappa shape index (κ2) is 7.04. The molecule has 0 aromatic heterocycles. The van der Waals surface area contributed by atoms with Crippen molar-refractivity contribution in [3.63, 3.8) is 0 Å². The van der Waals surface area contributed by atoms with Crippen LogP contribution in [0.3, 0.4) is 0 Å². The van der Waals surface area contributed by atoms with Crippen molar-refractivity contribution in [2.24, 2.45) is 0 Å². The molecule has 0 unspecified atom stereocenters. The maximum Gasteiger partial charge on any atom is 0.0958 e. The molecular formula is C9H15N2+. The molecule has 1 N–H and O–H groups in total. The third kappa shape index (κ3) is 5.38. The van der Waals surface area contributed by atoms with Crippen LogP contribution >= 0.6 is 0 Å². The Kier molecular flexibility index (Phi) is 6.36. The highest BCUT2D eigenvalue weighted by Crippen LogP contribution is 1.66. The van der Waals surface area contributed by atoms with Crippen molar-refractivity contribution in [2.75, 3.05) is 19.6 Å². The molecule has 0 amide bonds. The van der Waals surface area contributed by atoms with Gasteiger partial charge >= 0.3 is 0 Å². The summed E-state index contributed by atoms with van der Waals surface area (Å²) in [7, 11) is 0. The van der Waals surface area contributed by atoms with Gasteiger partial charge in [-0.2, -0.15) is 5.26 Å². The van der Waals surface area contributed by atoms with E-state index < -0.39 is 0 Å². The fourth-order valence-corrected chi connectivity index (χ4v) is 0.928. The topological polar surface area (TPSA) is 28.2 Å². The highest BCUT2D eigenvalue weighted by molar-refractivity contribution is 4.71. The fraction of sp³-hybridized carbons (Fsp3) is 0.444. The van der Waals surface area contributed by atoms with E-state index in [2.05, 4.69) is 19.2 Å². The summed E-state index contributed by atoms with van der Waals surface area (Å²) in [5, 5.41) is 8.34. The van der Waals surface area contributed by atoms with Crippen LogP contribution in [-0.4, -0.2) is 19.6 Å². The van der Waals surface area contributed by atoms with E-state index >= 15 is 0 Å². The summed E-state index contributed by atoms with van der Waals surface area (Å²) < 4.78 is 0. The number of hydrogen-bond donors (Lipinski definition) is 1. The van der Waals surface area contributed by atoms with Gasteiger partial charge in [0.05, 0.1) is 32.1 Å². The lowest BCUT2D eigenvalue weighted by molar-refractivity contribution is -0.887. The van der Waals surface area contributed by atoms with Gasteiger partial charge in [0.2, 0.25) is 0 Å². The van der Waals surface area contributed by atoms with Crippen molar-refractivity contribution < 1.29 is 4.90 Å². The molecule has 0 aliphatic rings. The first-order valence-electron chi connectivity index (χ1n) is 3.77. The standard InChI is InChI=1S/C9H14N2/c1-3-7-11(8-4-2)9-5-6-10/h3-4H,1-2,5,7-9H2/p+1. The van der Waals surface area contributed by atoms with Gasteiger partial charge in [0.15, 0.2) is 0 Å². The molecule has 0 radical (unpaired) electrons. The maximum absolute atomic E-state index is 8.34. The monoisotopic (exact) mass is 151 g/mol. The highest BCUT2D eigenvalue weighted by atomic mass is 15.1. The number of nitrogens with one attached hydrogen (secondary N) is 1. The van der Waals surface area contributed by atoms with Crippen LogP contribution in [0.15, 0.2) is 25.3 Å². The molecule has 0 atom stereocenters. The lowest BCUT2D eigenvalue weighted by atomic mass is 10.4. The minimum absolute atomic E-state index is 0.608. The molecule has 2 nitrogen and oxygen atoms in total. The van der Waals surface area contributed by atoms with Crippen molar-refractivity contribution >= 4 is 0 Å². The summed E-state index contributed by atoms with van der Waals surface area (Å²) in [4.78, 5) is 1.34. The molecule has 0 rings (SSSR count). The van der Waals surface area contributed by atoms with Crippen molar-refractivity contribution in [3.8, 4) is 6.07 Å². The first-order valence-corrected chi connectivity index (χ1v) is 3.77. The van der Waals surface area contributed by atoms with E-state index in [4.69, 9.17) is 5.26 Å². The van der Waals surface area contributed by atoms with Crippen LogP contribution < -0.4 is 4.90 Å². The molecule has 0 heterocycles. The van der Waals surface area contributed by atoms with Crippen molar-refractivity contribution in [2.45, 2.75) is 6.42 Å². The zero-order valence-corrected chi connectivity index (χ0v) is 6.84. The molecule has 0 aliphatic carbocycles. The van der Waals surface area contributed by atoms with Crippen LogP contribution in [0.4, 0.5) is 0 Å². The number of quaternary nitrogens is 1. The van der Waals surface area contributed by atoms with Crippen LogP contribution in [-0.2, 0) is 0 Å². The number of rotatable bonds is 6. The van der Waals surface area contributed by atoms with E-state index in [0.717, 1.165) is 19.6 Å². The van der Waals surface area contributed by atoms with Gasteiger partial charge < -0.3 is 4.90 Å². The Morgan fingerprint density at radius 2 is 1.82 bits per heavy atom. The van der Waals surface area contributed by atoms with Crippen LogP contribution in [0.1, 0.15) is 6.42 Å². The van der Waals surface area contributed by atoms with Gasteiger partial charge in [-0.25, -0.2) is 0 Å². The Bertz CT molecular complexity index is 145. The Morgan fingerprint density at radius 1 is 1.27 bits per heavy atom. The molecule has 60 valence electrons. The third-order valence-electron chi connectivity index (χ3n) is 1.46. The zero-order chi connectivity index (χ0) is 8.53. The molecule has 2 heteroatoms. The van der Waals surface area contributed by atoms with Crippen LogP contribution in [0.2, 0.25) is 0 Å². The van der Waals surface area contributed by atoms with Crippen LogP contribution in [0.25, 0.3) is 0 Å². The lowest BCUT2D eigenvalue weighted by Crippen LogP contribution is -3.11. The number of nitriles is 1.